The van der Waals surface area contributed by atoms with Crippen LogP contribution in [0.15, 0.2) is 48.5 Å². The summed E-state index contributed by atoms with van der Waals surface area (Å²) in [6.07, 6.45) is -0.119. The molecule has 0 bridgehead atoms. The van der Waals surface area contributed by atoms with Gasteiger partial charge in [-0.2, -0.15) is 0 Å². The number of nitrogens with zero attached hydrogens (tertiary/aromatic N) is 2. The monoisotopic (exact) mass is 386 g/mol. The summed E-state index contributed by atoms with van der Waals surface area (Å²) in [5, 5.41) is 10.9. The molecule has 1 fully saturated rings. The van der Waals surface area contributed by atoms with E-state index in [1.54, 1.807) is 0 Å². The normalized spacial score (nSPS) is 16.1. The Hall–Kier alpha value is -3.62. The third-order valence-electron chi connectivity index (χ3n) is 4.32. The summed E-state index contributed by atoms with van der Waals surface area (Å²) in [7, 11) is 0. The average Bonchev–Trinajstić information content (AvgIpc) is 3.08. The number of carbonyl (C=O) groups is 3. The van der Waals surface area contributed by atoms with E-state index in [1.165, 1.54) is 41.3 Å². The van der Waals surface area contributed by atoms with Crippen LogP contribution < -0.4 is 4.90 Å². The topological polar surface area (TPSA) is 107 Å². The first-order valence-corrected chi connectivity index (χ1v) is 8.35. The van der Waals surface area contributed by atoms with E-state index in [0.717, 1.165) is 12.1 Å². The van der Waals surface area contributed by atoms with Crippen LogP contribution in [0, 0.1) is 21.8 Å². The highest BCUT2D eigenvalue weighted by Gasteiger charge is 2.36. The highest BCUT2D eigenvalue weighted by Crippen LogP contribution is 2.28. The maximum absolute atomic E-state index is 12.9. The van der Waals surface area contributed by atoms with E-state index in [-0.39, 0.29) is 30.1 Å². The summed E-state index contributed by atoms with van der Waals surface area (Å²) >= 11 is 0. The smallest absolute Gasteiger partial charge is 0.311 e. The molecule has 144 valence electrons. The molecule has 9 heteroatoms. The van der Waals surface area contributed by atoms with E-state index in [0.29, 0.717) is 5.69 Å². The van der Waals surface area contributed by atoms with Gasteiger partial charge in [0.2, 0.25) is 5.91 Å². The fraction of sp³-hybridized carbons (Fsp3) is 0.211. The second-order valence-corrected chi connectivity index (χ2v) is 6.22. The van der Waals surface area contributed by atoms with Crippen molar-refractivity contribution in [3.63, 3.8) is 0 Å². The number of benzene rings is 2. The summed E-state index contributed by atoms with van der Waals surface area (Å²) in [5.41, 5.74) is 0.355. The number of amides is 1. The van der Waals surface area contributed by atoms with Gasteiger partial charge in [0.25, 0.3) is 5.69 Å². The molecule has 1 aliphatic heterocycles. The molecule has 8 nitrogen and oxygen atoms in total. The Bertz CT molecular complexity index is 944. The van der Waals surface area contributed by atoms with Gasteiger partial charge < -0.3 is 9.64 Å². The van der Waals surface area contributed by atoms with Crippen LogP contribution >= 0.6 is 0 Å². The molecule has 1 amide bonds. The summed E-state index contributed by atoms with van der Waals surface area (Å²) in [5.74, 6) is -2.84. The number of ether oxygens (including phenoxy) is 1. The zero-order valence-corrected chi connectivity index (χ0v) is 14.5. The van der Waals surface area contributed by atoms with Gasteiger partial charge in [0, 0.05) is 30.7 Å². The molecule has 1 saturated heterocycles. The molecule has 28 heavy (non-hydrogen) atoms. The van der Waals surface area contributed by atoms with Crippen molar-refractivity contribution < 1.29 is 28.4 Å². The maximum atomic E-state index is 12.9. The zero-order chi connectivity index (χ0) is 20.3. The van der Waals surface area contributed by atoms with E-state index in [9.17, 15) is 28.9 Å². The van der Waals surface area contributed by atoms with Crippen molar-refractivity contribution in [1.29, 1.82) is 0 Å². The highest BCUT2D eigenvalue weighted by molar-refractivity contribution is 6.01. The van der Waals surface area contributed by atoms with Crippen molar-refractivity contribution in [2.24, 2.45) is 5.92 Å². The summed E-state index contributed by atoms with van der Waals surface area (Å²) in [6.45, 7) is -0.518. The molecule has 1 atom stereocenters. The Morgan fingerprint density at radius 1 is 1.21 bits per heavy atom. The molecular weight excluding hydrogens is 371 g/mol. The number of Topliss-reactive ketones (excluding diaryl/α,β-unsaturated/α-hetero) is 1. The molecule has 0 aliphatic carbocycles. The predicted octanol–water partition coefficient (Wildman–Crippen LogP) is 2.51. The van der Waals surface area contributed by atoms with Gasteiger partial charge in [-0.15, -0.1) is 0 Å². The third kappa shape index (κ3) is 4.20. The molecule has 2 aromatic carbocycles. The average molecular weight is 386 g/mol. The van der Waals surface area contributed by atoms with Gasteiger partial charge in [0.1, 0.15) is 5.82 Å². The zero-order valence-electron chi connectivity index (χ0n) is 14.5. The maximum Gasteiger partial charge on any atom is 0.311 e. The molecule has 0 aromatic heterocycles. The molecule has 0 saturated carbocycles. The summed E-state index contributed by atoms with van der Waals surface area (Å²) < 4.78 is 17.9. The van der Waals surface area contributed by atoms with Gasteiger partial charge in [-0.25, -0.2) is 4.39 Å². The Morgan fingerprint density at radius 2 is 1.93 bits per heavy atom. The van der Waals surface area contributed by atoms with E-state index in [4.69, 9.17) is 4.74 Å². The largest absolute Gasteiger partial charge is 0.457 e. The van der Waals surface area contributed by atoms with Crippen LogP contribution in [-0.4, -0.2) is 35.7 Å². The Morgan fingerprint density at radius 3 is 2.61 bits per heavy atom. The van der Waals surface area contributed by atoms with E-state index in [2.05, 4.69) is 0 Å². The standard InChI is InChI=1S/C19H15FN2O6/c20-14-6-4-12(5-7-14)17(23)11-28-19(25)13-8-18(24)21(10-13)15-2-1-3-16(9-15)22(26)27/h1-7,9,13H,8,10-11H2/t13-/m1/s1. The first-order valence-electron chi connectivity index (χ1n) is 8.35. The van der Waals surface area contributed by atoms with Crippen LogP contribution in [0.1, 0.15) is 16.8 Å². The van der Waals surface area contributed by atoms with Crippen LogP contribution in [0.3, 0.4) is 0 Å². The lowest BCUT2D eigenvalue weighted by Gasteiger charge is -2.16. The summed E-state index contributed by atoms with van der Waals surface area (Å²) in [6, 6.07) is 10.4. The first kappa shape index (κ1) is 19.2. The first-order chi connectivity index (χ1) is 13.3. The van der Waals surface area contributed by atoms with Gasteiger partial charge >= 0.3 is 5.97 Å². The SMILES string of the molecule is O=C(COC(=O)[C@@H]1CC(=O)N(c2cccc([N+](=O)[O-])c2)C1)c1ccc(F)cc1. The number of rotatable bonds is 6. The Kier molecular flexibility index (Phi) is 5.44. The highest BCUT2D eigenvalue weighted by atomic mass is 19.1. The number of carbonyl (C=O) groups excluding carboxylic acids is 3. The third-order valence-corrected chi connectivity index (χ3v) is 4.32. The number of nitro benzene ring substituents is 1. The number of ketones is 1. The molecular formula is C19H15FN2O6. The van der Waals surface area contributed by atoms with E-state index < -0.39 is 35.0 Å². The minimum absolute atomic E-state index is 0.00354. The number of non-ortho nitro benzene ring substituents is 1. The Balaban J connectivity index is 1.60. The predicted molar refractivity (Wildman–Crippen MR) is 95.2 cm³/mol. The van der Waals surface area contributed by atoms with Crippen LogP contribution in [-0.2, 0) is 14.3 Å². The van der Waals surface area contributed by atoms with E-state index >= 15 is 0 Å². The van der Waals surface area contributed by atoms with Crippen LogP contribution in [0.2, 0.25) is 0 Å². The lowest BCUT2D eigenvalue weighted by atomic mass is 10.1. The Labute approximate surface area is 158 Å². The number of anilines is 1. The van der Waals surface area contributed by atoms with Crippen LogP contribution in [0.5, 0.6) is 0 Å². The molecule has 0 radical (unpaired) electrons. The van der Waals surface area contributed by atoms with Crippen molar-refractivity contribution in [3.05, 3.63) is 70.0 Å². The second kappa shape index (κ2) is 7.95. The molecule has 1 aliphatic rings. The molecule has 3 rings (SSSR count). The number of esters is 1. The van der Waals surface area contributed by atoms with Gasteiger partial charge in [-0.1, -0.05) is 6.07 Å². The van der Waals surface area contributed by atoms with Crippen molar-refractivity contribution in [1.82, 2.24) is 0 Å². The molecule has 1 heterocycles. The second-order valence-electron chi connectivity index (χ2n) is 6.22. The minimum Gasteiger partial charge on any atom is -0.457 e. The molecule has 0 spiro atoms. The van der Waals surface area contributed by atoms with Gasteiger partial charge in [0.15, 0.2) is 12.4 Å². The van der Waals surface area contributed by atoms with Crippen LogP contribution in [0.4, 0.5) is 15.8 Å². The minimum atomic E-state index is -0.784. The van der Waals surface area contributed by atoms with Crippen molar-refractivity contribution in [2.45, 2.75) is 6.42 Å². The van der Waals surface area contributed by atoms with Crippen molar-refractivity contribution >= 4 is 29.0 Å². The van der Waals surface area contributed by atoms with Gasteiger partial charge in [0.05, 0.1) is 16.5 Å². The summed E-state index contributed by atoms with van der Waals surface area (Å²) in [4.78, 5) is 48.0. The molecule has 0 N–H and O–H groups in total. The lowest BCUT2D eigenvalue weighted by Crippen LogP contribution is -2.27. The molecule has 2 aromatic rings. The lowest BCUT2D eigenvalue weighted by molar-refractivity contribution is -0.384. The quantitative estimate of drug-likeness (QED) is 0.327. The van der Waals surface area contributed by atoms with Crippen molar-refractivity contribution in [3.8, 4) is 0 Å². The molecule has 0 unspecified atom stereocenters. The van der Waals surface area contributed by atoms with Crippen LogP contribution in [0.25, 0.3) is 0 Å². The number of hydrogen-bond acceptors (Lipinski definition) is 6. The van der Waals surface area contributed by atoms with E-state index in [1.807, 2.05) is 0 Å². The fourth-order valence-electron chi connectivity index (χ4n) is 2.86. The number of hydrogen-bond donors (Lipinski definition) is 0. The number of halogens is 1. The fourth-order valence-corrected chi connectivity index (χ4v) is 2.86. The number of nitro groups is 1. The van der Waals surface area contributed by atoms with Crippen molar-refractivity contribution in [2.75, 3.05) is 18.1 Å². The van der Waals surface area contributed by atoms with Gasteiger partial charge in [-0.3, -0.25) is 24.5 Å². The van der Waals surface area contributed by atoms with Gasteiger partial charge in [-0.05, 0) is 30.3 Å².